The van der Waals surface area contributed by atoms with Crippen molar-refractivity contribution in [2.45, 2.75) is 0 Å². The van der Waals surface area contributed by atoms with Gasteiger partial charge in [0.25, 0.3) is 0 Å². The van der Waals surface area contributed by atoms with Crippen molar-refractivity contribution in [2.75, 3.05) is 5.32 Å². The van der Waals surface area contributed by atoms with Crippen molar-refractivity contribution < 1.29 is 0 Å². The number of hydrogen-bond acceptors (Lipinski definition) is 2. The predicted molar refractivity (Wildman–Crippen MR) is 89.8 cm³/mol. The van der Waals surface area contributed by atoms with E-state index >= 15 is 0 Å². The Morgan fingerprint density at radius 1 is 0.950 bits per heavy atom. The molecule has 3 nitrogen and oxygen atoms in total. The zero-order valence-corrected chi connectivity index (χ0v) is 11.7. The first-order chi connectivity index (χ1) is 9.84. The van der Waals surface area contributed by atoms with Crippen molar-refractivity contribution in [1.29, 1.82) is 0 Å². The number of rotatable bonds is 4. The number of nitrogens with zero attached hydrogens (tertiary/aromatic N) is 1. The first kappa shape index (κ1) is 14.0. The van der Waals surface area contributed by atoms with Gasteiger partial charge < -0.3 is 5.32 Å². The lowest BCUT2D eigenvalue weighted by Gasteiger charge is -2.05. The minimum absolute atomic E-state index is 0.459. The van der Waals surface area contributed by atoms with Gasteiger partial charge in [0.1, 0.15) is 0 Å². The summed E-state index contributed by atoms with van der Waals surface area (Å²) in [5.74, 6) is 0. The summed E-state index contributed by atoms with van der Waals surface area (Å²) in [7, 11) is 0. The van der Waals surface area contributed by atoms with Gasteiger partial charge in [-0.05, 0) is 36.0 Å². The minimum atomic E-state index is 0.459. The van der Waals surface area contributed by atoms with Gasteiger partial charge in [-0.3, -0.25) is 5.43 Å². The molecule has 2 rings (SSSR count). The van der Waals surface area contributed by atoms with E-state index in [0.29, 0.717) is 5.11 Å². The van der Waals surface area contributed by atoms with Gasteiger partial charge in [-0.25, -0.2) is 0 Å². The molecule has 100 valence electrons. The van der Waals surface area contributed by atoms with Crippen LogP contribution in [0.4, 0.5) is 5.69 Å². The van der Waals surface area contributed by atoms with Crippen LogP contribution in [0.3, 0.4) is 0 Å². The van der Waals surface area contributed by atoms with E-state index < -0.39 is 0 Å². The number of allylic oxidation sites excluding steroid dienone is 1. The molecule has 0 aliphatic rings. The number of hydrazone groups is 1. The third-order valence-corrected chi connectivity index (χ3v) is 2.64. The minimum Gasteiger partial charge on any atom is -0.331 e. The molecular weight excluding hydrogens is 266 g/mol. The number of para-hydroxylation sites is 1. The highest BCUT2D eigenvalue weighted by Gasteiger charge is 1.93. The van der Waals surface area contributed by atoms with Gasteiger partial charge in [0.2, 0.25) is 0 Å². The summed E-state index contributed by atoms with van der Waals surface area (Å²) in [4.78, 5) is 0. The molecule has 0 spiro atoms. The smallest absolute Gasteiger partial charge is 0.191 e. The van der Waals surface area contributed by atoms with E-state index in [2.05, 4.69) is 15.8 Å². The van der Waals surface area contributed by atoms with E-state index in [-0.39, 0.29) is 0 Å². The largest absolute Gasteiger partial charge is 0.331 e. The fraction of sp³-hybridized carbons (Fsp3) is 0. The molecule has 20 heavy (non-hydrogen) atoms. The molecule has 0 unspecified atom stereocenters. The van der Waals surface area contributed by atoms with Crippen molar-refractivity contribution in [1.82, 2.24) is 5.43 Å². The van der Waals surface area contributed by atoms with Gasteiger partial charge in [-0.15, -0.1) is 0 Å². The highest BCUT2D eigenvalue weighted by atomic mass is 32.1. The van der Waals surface area contributed by atoms with Crippen LogP contribution in [0.25, 0.3) is 6.08 Å². The van der Waals surface area contributed by atoms with Crippen LogP contribution in [-0.4, -0.2) is 11.3 Å². The fourth-order valence-corrected chi connectivity index (χ4v) is 1.71. The molecule has 0 heterocycles. The molecule has 0 amide bonds. The Hall–Kier alpha value is -2.46. The second kappa shape index (κ2) is 7.86. The lowest BCUT2D eigenvalue weighted by molar-refractivity contribution is 1.05. The van der Waals surface area contributed by atoms with Crippen LogP contribution >= 0.6 is 12.2 Å². The summed E-state index contributed by atoms with van der Waals surface area (Å²) in [6.45, 7) is 0. The first-order valence-electron chi connectivity index (χ1n) is 6.21. The summed E-state index contributed by atoms with van der Waals surface area (Å²) in [6.07, 6.45) is 5.48. The van der Waals surface area contributed by atoms with Gasteiger partial charge >= 0.3 is 0 Å². The SMILES string of the molecule is S=C(N/N=C\C=C\c1ccccc1)Nc1ccccc1. The Bertz CT molecular complexity index is 592. The van der Waals surface area contributed by atoms with Crippen LogP contribution < -0.4 is 10.7 Å². The number of hydrogen-bond donors (Lipinski definition) is 2. The Morgan fingerprint density at radius 3 is 2.30 bits per heavy atom. The zero-order valence-electron chi connectivity index (χ0n) is 10.9. The monoisotopic (exact) mass is 281 g/mol. The van der Waals surface area contributed by atoms with Gasteiger partial charge in [0.05, 0.1) is 0 Å². The van der Waals surface area contributed by atoms with Crippen molar-refractivity contribution in [3.05, 3.63) is 72.3 Å². The molecule has 2 aromatic rings. The zero-order chi connectivity index (χ0) is 14.0. The van der Waals surface area contributed by atoms with E-state index in [0.717, 1.165) is 11.3 Å². The van der Waals surface area contributed by atoms with Crippen molar-refractivity contribution in [3.63, 3.8) is 0 Å². The van der Waals surface area contributed by atoms with Crippen LogP contribution in [0.1, 0.15) is 5.56 Å². The van der Waals surface area contributed by atoms with E-state index in [1.807, 2.05) is 72.8 Å². The number of anilines is 1. The highest BCUT2D eigenvalue weighted by Crippen LogP contribution is 2.04. The van der Waals surface area contributed by atoms with Crippen LogP contribution in [0.5, 0.6) is 0 Å². The summed E-state index contributed by atoms with van der Waals surface area (Å²) in [5, 5.41) is 7.51. The van der Waals surface area contributed by atoms with Crippen molar-refractivity contribution in [3.8, 4) is 0 Å². The Morgan fingerprint density at radius 2 is 1.60 bits per heavy atom. The standard InChI is InChI=1S/C16H15N3S/c20-16(18-15-11-5-2-6-12-15)19-17-13-7-10-14-8-3-1-4-9-14/h1-13H,(H2,18,19,20)/b10-7+,17-13-. The van der Waals surface area contributed by atoms with Crippen molar-refractivity contribution in [2.24, 2.45) is 5.10 Å². The second-order valence-electron chi connectivity index (χ2n) is 3.98. The van der Waals surface area contributed by atoms with E-state index in [1.165, 1.54) is 0 Å². The number of benzene rings is 2. The number of nitrogens with one attached hydrogen (secondary N) is 2. The second-order valence-corrected chi connectivity index (χ2v) is 4.39. The third-order valence-electron chi connectivity index (χ3n) is 2.45. The molecule has 2 N–H and O–H groups in total. The molecule has 0 saturated heterocycles. The van der Waals surface area contributed by atoms with Gasteiger partial charge in [0, 0.05) is 11.9 Å². The van der Waals surface area contributed by atoms with Crippen LogP contribution in [0, 0.1) is 0 Å². The Balaban J connectivity index is 1.76. The maximum atomic E-state index is 5.12. The topological polar surface area (TPSA) is 36.4 Å². The molecule has 0 aromatic heterocycles. The first-order valence-corrected chi connectivity index (χ1v) is 6.62. The van der Waals surface area contributed by atoms with Crippen LogP contribution in [0.15, 0.2) is 71.8 Å². The third kappa shape index (κ3) is 5.04. The molecule has 0 aliphatic carbocycles. The van der Waals surface area contributed by atoms with E-state index in [1.54, 1.807) is 6.21 Å². The van der Waals surface area contributed by atoms with Crippen LogP contribution in [-0.2, 0) is 0 Å². The van der Waals surface area contributed by atoms with E-state index in [9.17, 15) is 0 Å². The van der Waals surface area contributed by atoms with Gasteiger partial charge in [0.15, 0.2) is 5.11 Å². The molecule has 0 bridgehead atoms. The predicted octanol–water partition coefficient (Wildman–Crippen LogP) is 3.67. The summed E-state index contributed by atoms with van der Waals surface area (Å²) < 4.78 is 0. The molecule has 0 saturated carbocycles. The maximum absolute atomic E-state index is 5.12. The van der Waals surface area contributed by atoms with Gasteiger partial charge in [-0.1, -0.05) is 54.6 Å². The maximum Gasteiger partial charge on any atom is 0.191 e. The molecule has 2 aromatic carbocycles. The molecule has 4 heteroatoms. The fourth-order valence-electron chi connectivity index (χ4n) is 1.54. The van der Waals surface area contributed by atoms with Gasteiger partial charge in [-0.2, -0.15) is 5.10 Å². The van der Waals surface area contributed by atoms with Crippen LogP contribution in [0.2, 0.25) is 0 Å². The Kier molecular flexibility index (Phi) is 5.49. The lowest BCUT2D eigenvalue weighted by Crippen LogP contribution is -2.23. The number of thiocarbonyl (C=S) groups is 1. The normalized spacial score (nSPS) is 10.8. The average Bonchev–Trinajstić information content (AvgIpc) is 2.49. The average molecular weight is 281 g/mol. The summed E-state index contributed by atoms with van der Waals surface area (Å²) >= 11 is 5.12. The Labute approximate surface area is 124 Å². The molecule has 0 aliphatic heterocycles. The molecule has 0 radical (unpaired) electrons. The lowest BCUT2D eigenvalue weighted by atomic mass is 10.2. The quantitative estimate of drug-likeness (QED) is 0.510. The highest BCUT2D eigenvalue weighted by molar-refractivity contribution is 7.80. The summed E-state index contributed by atoms with van der Waals surface area (Å²) in [5.41, 5.74) is 4.82. The summed E-state index contributed by atoms with van der Waals surface area (Å²) in [6, 6.07) is 19.7. The molecule has 0 atom stereocenters. The molecular formula is C16H15N3S. The molecule has 0 fully saturated rings. The van der Waals surface area contributed by atoms with Crippen molar-refractivity contribution >= 4 is 35.3 Å². The van der Waals surface area contributed by atoms with E-state index in [4.69, 9.17) is 12.2 Å².